The predicted molar refractivity (Wildman–Crippen MR) is 113 cm³/mol. The van der Waals surface area contributed by atoms with Gasteiger partial charge in [-0.15, -0.1) is 0 Å². The van der Waals surface area contributed by atoms with E-state index in [4.69, 9.17) is 4.74 Å². The minimum absolute atomic E-state index is 0.0180. The molecule has 1 saturated heterocycles. The Balaban J connectivity index is 1.47. The van der Waals surface area contributed by atoms with Crippen molar-refractivity contribution in [1.29, 1.82) is 0 Å². The van der Waals surface area contributed by atoms with E-state index < -0.39 is 29.7 Å². The summed E-state index contributed by atoms with van der Waals surface area (Å²) in [4.78, 5) is 42.2. The maximum Gasteiger partial charge on any atom is 0.328 e. The maximum absolute atomic E-state index is 13.2. The summed E-state index contributed by atoms with van der Waals surface area (Å²) < 4.78 is 18.1. The lowest BCUT2D eigenvalue weighted by molar-refractivity contribution is -0.145. The number of hydrogen-bond acceptors (Lipinski definition) is 4. The molecule has 2 amide bonds. The largest absolute Gasteiger partial charge is 0.467 e. The molecule has 2 heterocycles. The van der Waals surface area contributed by atoms with E-state index in [2.05, 4.69) is 10.3 Å². The van der Waals surface area contributed by atoms with Gasteiger partial charge in [0.1, 0.15) is 11.9 Å². The summed E-state index contributed by atoms with van der Waals surface area (Å²) >= 11 is 0. The van der Waals surface area contributed by atoms with E-state index in [1.54, 1.807) is 0 Å². The summed E-state index contributed by atoms with van der Waals surface area (Å²) in [5, 5.41) is 3.71. The molecular weight excluding hydrogens is 401 g/mol. The van der Waals surface area contributed by atoms with Crippen LogP contribution in [0.4, 0.5) is 10.1 Å². The highest BCUT2D eigenvalue weighted by Gasteiger charge is 2.37. The number of fused-ring (bicyclic) bond motifs is 1. The van der Waals surface area contributed by atoms with Gasteiger partial charge in [0.15, 0.2) is 0 Å². The monoisotopic (exact) mass is 423 g/mol. The second-order valence-corrected chi connectivity index (χ2v) is 7.53. The number of rotatable bonds is 6. The number of nitrogens with zero attached hydrogens (tertiary/aromatic N) is 1. The van der Waals surface area contributed by atoms with E-state index in [-0.39, 0.29) is 25.3 Å². The van der Waals surface area contributed by atoms with E-state index in [1.807, 2.05) is 30.5 Å². The number of nitrogens with one attached hydrogen (secondary N) is 2. The first-order valence-electron chi connectivity index (χ1n) is 9.95. The fourth-order valence-corrected chi connectivity index (χ4v) is 3.90. The topological polar surface area (TPSA) is 91.5 Å². The first-order chi connectivity index (χ1) is 15.0. The molecule has 1 aliphatic rings. The van der Waals surface area contributed by atoms with Gasteiger partial charge in [-0.2, -0.15) is 0 Å². The Labute approximate surface area is 178 Å². The van der Waals surface area contributed by atoms with Crippen molar-refractivity contribution in [3.63, 3.8) is 0 Å². The number of aromatic nitrogens is 1. The second kappa shape index (κ2) is 8.59. The molecule has 8 heteroatoms. The van der Waals surface area contributed by atoms with Crippen molar-refractivity contribution in [2.45, 2.75) is 18.9 Å². The van der Waals surface area contributed by atoms with Gasteiger partial charge in [0.05, 0.1) is 13.0 Å². The van der Waals surface area contributed by atoms with Crippen LogP contribution in [0.1, 0.15) is 12.0 Å². The van der Waals surface area contributed by atoms with Crippen LogP contribution in [0.5, 0.6) is 0 Å². The molecule has 0 unspecified atom stereocenters. The zero-order valence-electron chi connectivity index (χ0n) is 16.9. The third-order valence-corrected chi connectivity index (χ3v) is 5.54. The molecule has 2 N–H and O–H groups in total. The van der Waals surface area contributed by atoms with E-state index in [1.165, 1.54) is 36.3 Å². The standard InChI is InChI=1S/C23H22FN3O4/c1-31-23(30)20(10-14-12-25-19-5-3-2-4-18(14)19)26-22(29)15-11-21(28)27(13-15)17-8-6-16(24)7-9-17/h2-9,12,15,20,25H,10-11,13H2,1H3,(H,26,29)/t15-,20+/m1/s1. The zero-order chi connectivity index (χ0) is 22.0. The fourth-order valence-electron chi connectivity index (χ4n) is 3.90. The van der Waals surface area contributed by atoms with Gasteiger partial charge in [-0.3, -0.25) is 9.59 Å². The molecule has 0 saturated carbocycles. The molecule has 1 aromatic heterocycles. The normalized spacial score (nSPS) is 17.0. The van der Waals surface area contributed by atoms with Gasteiger partial charge in [-0.25, -0.2) is 9.18 Å². The van der Waals surface area contributed by atoms with Gasteiger partial charge < -0.3 is 19.9 Å². The van der Waals surface area contributed by atoms with Crippen LogP contribution >= 0.6 is 0 Å². The van der Waals surface area contributed by atoms with Gasteiger partial charge in [-0.1, -0.05) is 18.2 Å². The van der Waals surface area contributed by atoms with Gasteiger partial charge in [-0.05, 0) is 35.9 Å². The number of methoxy groups -OCH3 is 1. The van der Waals surface area contributed by atoms with E-state index in [0.29, 0.717) is 5.69 Å². The molecule has 2 aromatic carbocycles. The number of esters is 1. The van der Waals surface area contributed by atoms with Crippen LogP contribution in [0.2, 0.25) is 0 Å². The Morgan fingerprint density at radius 1 is 1.23 bits per heavy atom. The highest BCUT2D eigenvalue weighted by atomic mass is 19.1. The number of H-pyrrole nitrogens is 1. The number of para-hydroxylation sites is 1. The Bertz CT molecular complexity index is 1130. The molecular formula is C23H22FN3O4. The Kier molecular flexibility index (Phi) is 5.70. The number of amides is 2. The van der Waals surface area contributed by atoms with Crippen LogP contribution in [0, 0.1) is 11.7 Å². The summed E-state index contributed by atoms with van der Waals surface area (Å²) in [5.74, 6) is -2.19. The van der Waals surface area contributed by atoms with Gasteiger partial charge in [0, 0.05) is 42.2 Å². The van der Waals surface area contributed by atoms with Crippen molar-refractivity contribution in [3.8, 4) is 0 Å². The maximum atomic E-state index is 13.2. The number of anilines is 1. The SMILES string of the molecule is COC(=O)[C@H](Cc1c[nH]c2ccccc12)NC(=O)[C@@H]1CC(=O)N(c2ccc(F)cc2)C1. The highest BCUT2D eigenvalue weighted by Crippen LogP contribution is 2.26. The number of carbonyl (C=O) groups excluding carboxylic acids is 3. The summed E-state index contributed by atoms with van der Waals surface area (Å²) in [6, 6.07) is 12.3. The van der Waals surface area contributed by atoms with E-state index in [0.717, 1.165) is 16.5 Å². The molecule has 0 aliphatic carbocycles. The molecule has 0 bridgehead atoms. The third-order valence-electron chi connectivity index (χ3n) is 5.54. The van der Waals surface area contributed by atoms with Crippen LogP contribution in [-0.4, -0.2) is 42.5 Å². The lowest BCUT2D eigenvalue weighted by Crippen LogP contribution is -2.46. The van der Waals surface area contributed by atoms with E-state index in [9.17, 15) is 18.8 Å². The van der Waals surface area contributed by atoms with Crippen LogP contribution in [0.15, 0.2) is 54.7 Å². The number of aromatic amines is 1. The highest BCUT2D eigenvalue weighted by molar-refractivity contribution is 6.01. The Morgan fingerprint density at radius 2 is 1.97 bits per heavy atom. The smallest absolute Gasteiger partial charge is 0.328 e. The summed E-state index contributed by atoms with van der Waals surface area (Å²) in [5.41, 5.74) is 2.34. The van der Waals surface area contributed by atoms with Gasteiger partial charge in [0.25, 0.3) is 0 Å². The lowest BCUT2D eigenvalue weighted by atomic mass is 10.0. The quantitative estimate of drug-likeness (QED) is 0.596. The molecule has 0 spiro atoms. The second-order valence-electron chi connectivity index (χ2n) is 7.53. The van der Waals surface area contributed by atoms with Gasteiger partial charge in [0.2, 0.25) is 11.8 Å². The van der Waals surface area contributed by atoms with Crippen molar-refractivity contribution >= 4 is 34.4 Å². The van der Waals surface area contributed by atoms with Crippen molar-refractivity contribution in [3.05, 3.63) is 66.1 Å². The van der Waals surface area contributed by atoms with Crippen LogP contribution < -0.4 is 10.2 Å². The molecule has 2 atom stereocenters. The van der Waals surface area contributed by atoms with Crippen molar-refractivity contribution in [1.82, 2.24) is 10.3 Å². The lowest BCUT2D eigenvalue weighted by Gasteiger charge is -2.19. The molecule has 31 heavy (non-hydrogen) atoms. The van der Waals surface area contributed by atoms with E-state index >= 15 is 0 Å². The number of hydrogen-bond donors (Lipinski definition) is 2. The van der Waals surface area contributed by atoms with Crippen LogP contribution in [-0.2, 0) is 25.5 Å². The summed E-state index contributed by atoms with van der Waals surface area (Å²) in [6.45, 7) is 0.164. The van der Waals surface area contributed by atoms with Gasteiger partial charge >= 0.3 is 5.97 Å². The van der Waals surface area contributed by atoms with Crippen molar-refractivity contribution < 1.29 is 23.5 Å². The average Bonchev–Trinajstić information content (AvgIpc) is 3.37. The number of carbonyl (C=O) groups is 3. The number of ether oxygens (including phenoxy) is 1. The molecule has 4 rings (SSSR count). The summed E-state index contributed by atoms with van der Waals surface area (Å²) in [6.07, 6.45) is 2.08. The number of benzene rings is 2. The summed E-state index contributed by atoms with van der Waals surface area (Å²) in [7, 11) is 1.27. The minimum atomic E-state index is -0.883. The van der Waals surface area contributed by atoms with Crippen molar-refractivity contribution in [2.24, 2.45) is 5.92 Å². The predicted octanol–water partition coefficient (Wildman–Crippen LogP) is 2.56. The molecule has 160 valence electrons. The average molecular weight is 423 g/mol. The first kappa shape index (κ1) is 20.6. The molecule has 3 aromatic rings. The molecule has 7 nitrogen and oxygen atoms in total. The fraction of sp³-hybridized carbons (Fsp3) is 0.261. The van der Waals surface area contributed by atoms with Crippen LogP contribution in [0.25, 0.3) is 10.9 Å². The zero-order valence-corrected chi connectivity index (χ0v) is 16.9. The Hall–Kier alpha value is -3.68. The van der Waals surface area contributed by atoms with Crippen LogP contribution in [0.3, 0.4) is 0 Å². The molecule has 1 fully saturated rings. The van der Waals surface area contributed by atoms with Crippen molar-refractivity contribution in [2.75, 3.05) is 18.6 Å². The number of halogens is 1. The molecule has 0 radical (unpaired) electrons. The Morgan fingerprint density at radius 3 is 2.71 bits per heavy atom. The third kappa shape index (κ3) is 4.28. The first-order valence-corrected chi connectivity index (χ1v) is 9.95. The molecule has 1 aliphatic heterocycles. The minimum Gasteiger partial charge on any atom is -0.467 e.